The maximum absolute atomic E-state index is 12.3. The van der Waals surface area contributed by atoms with Gasteiger partial charge >= 0.3 is 6.03 Å². The highest BCUT2D eigenvalue weighted by atomic mass is 16.2. The summed E-state index contributed by atoms with van der Waals surface area (Å²) < 4.78 is 0. The number of benzene rings is 2. The molecule has 2 aromatic carbocycles. The summed E-state index contributed by atoms with van der Waals surface area (Å²) in [6, 6.07) is 17.3. The van der Waals surface area contributed by atoms with E-state index < -0.39 is 0 Å². The third-order valence-corrected chi connectivity index (χ3v) is 4.03. The van der Waals surface area contributed by atoms with Crippen LogP contribution >= 0.6 is 0 Å². The molecular formula is C21H27N3O2. The predicted octanol–water partition coefficient (Wildman–Crippen LogP) is 3.43. The Labute approximate surface area is 155 Å². The average molecular weight is 353 g/mol. The smallest absolute Gasteiger partial charge is 0.315 e. The number of hydrogen-bond acceptors (Lipinski definition) is 2. The largest absolute Gasteiger partial charge is 0.351 e. The Balaban J connectivity index is 1.81. The maximum atomic E-state index is 12.3. The third kappa shape index (κ3) is 6.24. The molecule has 0 radical (unpaired) electrons. The highest BCUT2D eigenvalue weighted by Gasteiger charge is 2.09. The Morgan fingerprint density at radius 2 is 1.54 bits per heavy atom. The molecule has 138 valence electrons. The van der Waals surface area contributed by atoms with Gasteiger partial charge in [0, 0.05) is 24.7 Å². The molecule has 0 saturated heterocycles. The van der Waals surface area contributed by atoms with Gasteiger partial charge in [-0.25, -0.2) is 4.79 Å². The van der Waals surface area contributed by atoms with Crippen LogP contribution in [0.25, 0.3) is 0 Å². The van der Waals surface area contributed by atoms with E-state index in [1.165, 1.54) is 5.56 Å². The van der Waals surface area contributed by atoms with E-state index in [-0.39, 0.29) is 23.9 Å². The molecule has 5 heteroatoms. The summed E-state index contributed by atoms with van der Waals surface area (Å²) in [6.07, 6.45) is 0. The molecule has 1 atom stereocenters. The lowest BCUT2D eigenvalue weighted by molar-refractivity contribution is 0.0951. The first-order valence-electron chi connectivity index (χ1n) is 8.92. The fourth-order valence-electron chi connectivity index (χ4n) is 2.52. The van der Waals surface area contributed by atoms with Crippen molar-refractivity contribution >= 4 is 11.9 Å². The first kappa shape index (κ1) is 19.5. The van der Waals surface area contributed by atoms with E-state index >= 15 is 0 Å². The fourth-order valence-corrected chi connectivity index (χ4v) is 2.52. The molecule has 3 amide bonds. The van der Waals surface area contributed by atoms with Crippen molar-refractivity contribution in [2.24, 2.45) is 0 Å². The number of carbonyl (C=O) groups is 2. The van der Waals surface area contributed by atoms with Gasteiger partial charge in [-0.1, -0.05) is 49.4 Å². The molecule has 0 aliphatic carbocycles. The summed E-state index contributed by atoms with van der Waals surface area (Å²) in [5.74, 6) is 0.160. The number of nitrogens with one attached hydrogen (secondary N) is 3. The van der Waals surface area contributed by atoms with Gasteiger partial charge in [0.25, 0.3) is 5.91 Å². The quantitative estimate of drug-likeness (QED) is 0.714. The van der Waals surface area contributed by atoms with Gasteiger partial charge in [0.1, 0.15) is 0 Å². The lowest BCUT2D eigenvalue weighted by Gasteiger charge is -2.13. The molecule has 0 saturated carbocycles. The van der Waals surface area contributed by atoms with E-state index in [1.54, 1.807) is 12.1 Å². The lowest BCUT2D eigenvalue weighted by atomic mass is 10.0. The number of rotatable bonds is 7. The van der Waals surface area contributed by atoms with Crippen LogP contribution in [0.4, 0.5) is 4.79 Å². The number of amides is 3. The second kappa shape index (κ2) is 9.61. The van der Waals surface area contributed by atoms with Crippen molar-refractivity contribution in [2.75, 3.05) is 6.54 Å². The van der Waals surface area contributed by atoms with Gasteiger partial charge in [-0.05, 0) is 43.0 Å². The maximum Gasteiger partial charge on any atom is 0.315 e. The zero-order valence-electron chi connectivity index (χ0n) is 15.6. The summed E-state index contributed by atoms with van der Waals surface area (Å²) in [4.78, 5) is 23.9. The van der Waals surface area contributed by atoms with Crippen LogP contribution in [0.3, 0.4) is 0 Å². The van der Waals surface area contributed by atoms with Gasteiger partial charge in [-0.15, -0.1) is 0 Å². The molecule has 0 aromatic heterocycles. The van der Waals surface area contributed by atoms with Crippen LogP contribution in [0.15, 0.2) is 54.6 Å². The van der Waals surface area contributed by atoms with Gasteiger partial charge in [-0.3, -0.25) is 4.79 Å². The van der Waals surface area contributed by atoms with E-state index in [0.717, 1.165) is 5.56 Å². The van der Waals surface area contributed by atoms with Crippen LogP contribution in [0, 0.1) is 0 Å². The van der Waals surface area contributed by atoms with Crippen LogP contribution in [0.5, 0.6) is 0 Å². The molecule has 0 fully saturated rings. The van der Waals surface area contributed by atoms with Crippen molar-refractivity contribution < 1.29 is 9.59 Å². The Bertz CT molecular complexity index is 712. The second-order valence-corrected chi connectivity index (χ2v) is 6.70. The van der Waals surface area contributed by atoms with Crippen molar-refractivity contribution in [1.29, 1.82) is 0 Å². The molecule has 0 heterocycles. The van der Waals surface area contributed by atoms with Gasteiger partial charge < -0.3 is 16.0 Å². The van der Waals surface area contributed by atoms with Crippen molar-refractivity contribution in [1.82, 2.24) is 16.0 Å². The highest BCUT2D eigenvalue weighted by Crippen LogP contribution is 2.13. The summed E-state index contributed by atoms with van der Waals surface area (Å²) in [5.41, 5.74) is 2.76. The first-order valence-corrected chi connectivity index (χ1v) is 8.92. The molecule has 1 unspecified atom stereocenters. The predicted molar refractivity (Wildman–Crippen MR) is 104 cm³/mol. The van der Waals surface area contributed by atoms with Crippen molar-refractivity contribution in [2.45, 2.75) is 39.3 Å². The molecule has 3 N–H and O–H groups in total. The van der Waals surface area contributed by atoms with Gasteiger partial charge in [-0.2, -0.15) is 0 Å². The first-order chi connectivity index (χ1) is 12.5. The average Bonchev–Trinajstić information content (AvgIpc) is 2.64. The summed E-state index contributed by atoms with van der Waals surface area (Å²) in [6.45, 7) is 6.91. The second-order valence-electron chi connectivity index (χ2n) is 6.70. The van der Waals surface area contributed by atoms with Crippen LogP contribution in [0.2, 0.25) is 0 Å². The molecule has 0 bridgehead atoms. The minimum absolute atomic E-state index is 0.0927. The highest BCUT2D eigenvalue weighted by molar-refractivity contribution is 5.94. The van der Waals surface area contributed by atoms with Gasteiger partial charge in [0.2, 0.25) is 0 Å². The molecule has 0 spiro atoms. The van der Waals surface area contributed by atoms with Crippen LogP contribution in [-0.4, -0.2) is 24.5 Å². The summed E-state index contributed by atoms with van der Waals surface area (Å²) in [5, 5.41) is 8.53. The minimum atomic E-state index is -0.197. The Hall–Kier alpha value is -2.82. The number of carbonyl (C=O) groups excluding carboxylic acids is 2. The van der Waals surface area contributed by atoms with E-state index in [2.05, 4.69) is 35.0 Å². The molecule has 0 aliphatic heterocycles. The third-order valence-electron chi connectivity index (χ3n) is 4.03. The monoisotopic (exact) mass is 353 g/mol. The topological polar surface area (TPSA) is 70.2 Å². The summed E-state index contributed by atoms with van der Waals surface area (Å²) >= 11 is 0. The van der Waals surface area contributed by atoms with E-state index in [9.17, 15) is 9.59 Å². The van der Waals surface area contributed by atoms with Crippen molar-refractivity contribution in [3.63, 3.8) is 0 Å². The normalized spacial score (nSPS) is 11.7. The Kier molecular flexibility index (Phi) is 7.21. The molecular weight excluding hydrogens is 326 g/mol. The molecule has 26 heavy (non-hydrogen) atoms. The fraction of sp³-hybridized carbons (Fsp3) is 0.333. The minimum Gasteiger partial charge on any atom is -0.351 e. The van der Waals surface area contributed by atoms with Gasteiger partial charge in [0.05, 0.1) is 0 Å². The summed E-state index contributed by atoms with van der Waals surface area (Å²) in [7, 11) is 0. The van der Waals surface area contributed by atoms with Crippen LogP contribution < -0.4 is 16.0 Å². The SMILES string of the molecule is CC(C)NC(=O)NCc1ccc(C(=O)NCC(C)c2ccccc2)cc1. The molecule has 0 aliphatic rings. The number of urea groups is 1. The van der Waals surface area contributed by atoms with Gasteiger partial charge in [0.15, 0.2) is 0 Å². The molecule has 2 rings (SSSR count). The van der Waals surface area contributed by atoms with E-state index in [0.29, 0.717) is 18.7 Å². The number of hydrogen-bond donors (Lipinski definition) is 3. The Morgan fingerprint density at radius 1 is 0.885 bits per heavy atom. The van der Waals surface area contributed by atoms with Crippen LogP contribution in [0.1, 0.15) is 48.2 Å². The zero-order chi connectivity index (χ0) is 18.9. The van der Waals surface area contributed by atoms with Crippen LogP contribution in [-0.2, 0) is 6.54 Å². The standard InChI is InChI=1S/C21H27N3O2/c1-15(2)24-21(26)23-14-17-9-11-19(12-10-17)20(25)22-13-16(3)18-7-5-4-6-8-18/h4-12,15-16H,13-14H2,1-3H3,(H,22,25)(H2,23,24,26). The Morgan fingerprint density at radius 3 is 2.15 bits per heavy atom. The zero-order valence-corrected chi connectivity index (χ0v) is 15.6. The van der Waals surface area contributed by atoms with E-state index in [4.69, 9.17) is 0 Å². The molecule has 2 aromatic rings. The van der Waals surface area contributed by atoms with Crippen molar-refractivity contribution in [3.05, 3.63) is 71.3 Å². The van der Waals surface area contributed by atoms with E-state index in [1.807, 2.05) is 44.2 Å². The lowest BCUT2D eigenvalue weighted by Crippen LogP contribution is -2.39. The van der Waals surface area contributed by atoms with Crippen molar-refractivity contribution in [3.8, 4) is 0 Å². The molecule has 5 nitrogen and oxygen atoms in total.